The lowest BCUT2D eigenvalue weighted by Crippen LogP contribution is -1.84. The van der Waals surface area contributed by atoms with Crippen molar-refractivity contribution in [1.29, 1.82) is 0 Å². The highest BCUT2D eigenvalue weighted by Crippen LogP contribution is 2.12. The van der Waals surface area contributed by atoms with Crippen LogP contribution < -0.4 is 0 Å². The molecular weight excluding hydrogens is 180 g/mol. The average molecular weight is 206 g/mol. The SMILES string of the molecule is C=CCCCCC(C=CC(C)C)=CCC. The normalized spacial score (nSPS) is 12.7. The largest absolute Gasteiger partial charge is 0.103 e. The molecule has 0 heterocycles. The van der Waals surface area contributed by atoms with Crippen molar-refractivity contribution < 1.29 is 0 Å². The highest BCUT2D eigenvalue weighted by atomic mass is 14.0. The number of unbranched alkanes of at least 4 members (excludes halogenated alkanes) is 2. The Kier molecular flexibility index (Phi) is 9.26. The first-order valence-corrected chi connectivity index (χ1v) is 6.18. The minimum atomic E-state index is 0.651. The fraction of sp³-hybridized carbons (Fsp3) is 0.600. The van der Waals surface area contributed by atoms with E-state index in [1.807, 2.05) is 6.08 Å². The second kappa shape index (κ2) is 9.76. The molecule has 0 unspecified atom stereocenters. The van der Waals surface area contributed by atoms with Gasteiger partial charge in [0, 0.05) is 0 Å². The van der Waals surface area contributed by atoms with Crippen molar-refractivity contribution in [3.8, 4) is 0 Å². The van der Waals surface area contributed by atoms with Crippen molar-refractivity contribution in [2.45, 2.75) is 52.9 Å². The molecule has 0 aliphatic rings. The Morgan fingerprint density at radius 2 is 2.00 bits per heavy atom. The van der Waals surface area contributed by atoms with Gasteiger partial charge in [0.05, 0.1) is 0 Å². The van der Waals surface area contributed by atoms with Crippen LogP contribution in [0.25, 0.3) is 0 Å². The molecule has 0 aromatic rings. The standard InChI is InChI=1S/C15H26/c1-5-7-8-9-11-15(10-6-2)13-12-14(3)4/h5,10,12-14H,1,6-9,11H2,2-4H3. The summed E-state index contributed by atoms with van der Waals surface area (Å²) in [6, 6.07) is 0. The predicted molar refractivity (Wildman–Crippen MR) is 71.0 cm³/mol. The fourth-order valence-electron chi connectivity index (χ4n) is 1.45. The van der Waals surface area contributed by atoms with E-state index in [0.29, 0.717) is 5.92 Å². The van der Waals surface area contributed by atoms with Gasteiger partial charge in [-0.1, -0.05) is 50.6 Å². The van der Waals surface area contributed by atoms with Crippen molar-refractivity contribution in [2.24, 2.45) is 5.92 Å². The monoisotopic (exact) mass is 206 g/mol. The summed E-state index contributed by atoms with van der Waals surface area (Å²) in [6.07, 6.45) is 15.0. The highest BCUT2D eigenvalue weighted by Gasteiger charge is 1.93. The van der Waals surface area contributed by atoms with Crippen molar-refractivity contribution in [3.05, 3.63) is 36.5 Å². The van der Waals surface area contributed by atoms with E-state index in [-0.39, 0.29) is 0 Å². The van der Waals surface area contributed by atoms with Crippen molar-refractivity contribution in [2.75, 3.05) is 0 Å². The van der Waals surface area contributed by atoms with Crippen LogP contribution in [0.2, 0.25) is 0 Å². The number of hydrogen-bond acceptors (Lipinski definition) is 0. The number of hydrogen-bond donors (Lipinski definition) is 0. The Hall–Kier alpha value is -0.780. The van der Waals surface area contributed by atoms with Crippen LogP contribution in [0, 0.1) is 5.92 Å². The van der Waals surface area contributed by atoms with Crippen molar-refractivity contribution >= 4 is 0 Å². The minimum Gasteiger partial charge on any atom is -0.103 e. The summed E-state index contributed by atoms with van der Waals surface area (Å²) in [7, 11) is 0. The Bertz CT molecular complexity index is 206. The zero-order chi connectivity index (χ0) is 11.5. The molecule has 0 aromatic carbocycles. The fourth-order valence-corrected chi connectivity index (χ4v) is 1.45. The van der Waals surface area contributed by atoms with Gasteiger partial charge in [0.1, 0.15) is 0 Å². The van der Waals surface area contributed by atoms with Crippen LogP contribution in [0.4, 0.5) is 0 Å². The topological polar surface area (TPSA) is 0 Å². The van der Waals surface area contributed by atoms with Crippen molar-refractivity contribution in [3.63, 3.8) is 0 Å². The Morgan fingerprint density at radius 1 is 1.27 bits per heavy atom. The molecule has 0 aliphatic heterocycles. The lowest BCUT2D eigenvalue weighted by molar-refractivity contribution is 0.746. The number of allylic oxidation sites excluding steroid dienone is 5. The molecule has 0 bridgehead atoms. The predicted octanol–water partition coefficient (Wildman–Crippen LogP) is 5.28. The van der Waals surface area contributed by atoms with Gasteiger partial charge >= 0.3 is 0 Å². The van der Waals surface area contributed by atoms with E-state index < -0.39 is 0 Å². The molecule has 0 rings (SSSR count). The van der Waals surface area contributed by atoms with Crippen LogP contribution in [0.5, 0.6) is 0 Å². The van der Waals surface area contributed by atoms with Crippen LogP contribution in [0.3, 0.4) is 0 Å². The number of rotatable bonds is 8. The molecule has 0 aromatic heterocycles. The summed E-state index contributed by atoms with van der Waals surface area (Å²) in [5, 5.41) is 0. The maximum Gasteiger partial charge on any atom is -0.0282 e. The smallest absolute Gasteiger partial charge is 0.0282 e. The summed E-state index contributed by atoms with van der Waals surface area (Å²) in [4.78, 5) is 0. The van der Waals surface area contributed by atoms with Gasteiger partial charge in [0.25, 0.3) is 0 Å². The van der Waals surface area contributed by atoms with Gasteiger partial charge in [-0.25, -0.2) is 0 Å². The van der Waals surface area contributed by atoms with Crippen molar-refractivity contribution in [1.82, 2.24) is 0 Å². The second-order valence-electron chi connectivity index (χ2n) is 4.32. The Balaban J connectivity index is 3.94. The molecule has 0 saturated heterocycles. The molecule has 86 valence electrons. The minimum absolute atomic E-state index is 0.651. The van der Waals surface area contributed by atoms with Gasteiger partial charge in [0.15, 0.2) is 0 Å². The van der Waals surface area contributed by atoms with E-state index in [0.717, 1.165) is 12.8 Å². The first kappa shape index (κ1) is 14.2. The lowest BCUT2D eigenvalue weighted by Gasteiger charge is -2.02. The van der Waals surface area contributed by atoms with Crippen LogP contribution in [-0.4, -0.2) is 0 Å². The average Bonchev–Trinajstić information content (AvgIpc) is 2.20. The summed E-state index contributed by atoms with van der Waals surface area (Å²) in [5.41, 5.74) is 1.50. The molecule has 0 amide bonds. The maximum absolute atomic E-state index is 3.74. The van der Waals surface area contributed by atoms with E-state index in [2.05, 4.69) is 45.6 Å². The van der Waals surface area contributed by atoms with E-state index in [1.54, 1.807) is 0 Å². The zero-order valence-corrected chi connectivity index (χ0v) is 10.6. The molecule has 0 spiro atoms. The van der Waals surface area contributed by atoms with Gasteiger partial charge in [0.2, 0.25) is 0 Å². The highest BCUT2D eigenvalue weighted by molar-refractivity contribution is 5.18. The lowest BCUT2D eigenvalue weighted by atomic mass is 10.0. The van der Waals surface area contributed by atoms with Crippen LogP contribution in [-0.2, 0) is 0 Å². The second-order valence-corrected chi connectivity index (χ2v) is 4.32. The molecule has 15 heavy (non-hydrogen) atoms. The third-order valence-electron chi connectivity index (χ3n) is 2.29. The first-order chi connectivity index (χ1) is 7.20. The molecule has 0 fully saturated rings. The van der Waals surface area contributed by atoms with E-state index >= 15 is 0 Å². The Labute approximate surface area is 95.8 Å². The molecule has 0 saturated carbocycles. The van der Waals surface area contributed by atoms with Gasteiger partial charge < -0.3 is 0 Å². The molecule has 0 atom stereocenters. The summed E-state index contributed by atoms with van der Waals surface area (Å²) in [5.74, 6) is 0.651. The van der Waals surface area contributed by atoms with E-state index in [4.69, 9.17) is 0 Å². The first-order valence-electron chi connectivity index (χ1n) is 6.18. The quantitative estimate of drug-likeness (QED) is 0.288. The maximum atomic E-state index is 3.74. The third kappa shape index (κ3) is 9.52. The third-order valence-corrected chi connectivity index (χ3v) is 2.29. The van der Waals surface area contributed by atoms with Gasteiger partial charge in [-0.3, -0.25) is 0 Å². The van der Waals surface area contributed by atoms with E-state index in [1.165, 1.54) is 24.8 Å². The molecular formula is C15H26. The molecule has 0 heteroatoms. The van der Waals surface area contributed by atoms with Crippen LogP contribution in [0.15, 0.2) is 36.5 Å². The summed E-state index contributed by atoms with van der Waals surface area (Å²) in [6.45, 7) is 10.4. The van der Waals surface area contributed by atoms with Gasteiger partial charge in [-0.05, 0) is 38.0 Å². The molecule has 0 aliphatic carbocycles. The zero-order valence-electron chi connectivity index (χ0n) is 10.6. The Morgan fingerprint density at radius 3 is 2.53 bits per heavy atom. The summed E-state index contributed by atoms with van der Waals surface area (Å²) >= 11 is 0. The molecule has 0 radical (unpaired) electrons. The van der Waals surface area contributed by atoms with E-state index in [9.17, 15) is 0 Å². The molecule has 0 nitrogen and oxygen atoms in total. The van der Waals surface area contributed by atoms with Crippen LogP contribution in [0.1, 0.15) is 52.9 Å². The van der Waals surface area contributed by atoms with Gasteiger partial charge in [-0.15, -0.1) is 6.58 Å². The molecule has 0 N–H and O–H groups in total. The van der Waals surface area contributed by atoms with Crippen LogP contribution >= 0.6 is 0 Å². The summed E-state index contributed by atoms with van der Waals surface area (Å²) < 4.78 is 0. The van der Waals surface area contributed by atoms with Gasteiger partial charge in [-0.2, -0.15) is 0 Å².